The SMILES string of the molecule is COc1ccc(-c2nnc(N(C)C(=O)c3ccno3)s2)cc1. The lowest BCUT2D eigenvalue weighted by Gasteiger charge is -2.09. The molecule has 0 atom stereocenters. The number of carbonyl (C=O) groups is 1. The van der Waals surface area contributed by atoms with Crippen LogP contribution in [-0.2, 0) is 0 Å². The van der Waals surface area contributed by atoms with E-state index in [1.165, 1.54) is 28.5 Å². The van der Waals surface area contributed by atoms with Gasteiger partial charge in [0.2, 0.25) is 10.9 Å². The van der Waals surface area contributed by atoms with E-state index in [1.54, 1.807) is 14.2 Å². The van der Waals surface area contributed by atoms with E-state index in [-0.39, 0.29) is 11.7 Å². The fraction of sp³-hybridized carbons (Fsp3) is 0.143. The van der Waals surface area contributed by atoms with Gasteiger partial charge >= 0.3 is 0 Å². The van der Waals surface area contributed by atoms with Gasteiger partial charge in [-0.05, 0) is 24.3 Å². The van der Waals surface area contributed by atoms with Crippen molar-refractivity contribution in [2.24, 2.45) is 0 Å². The lowest BCUT2D eigenvalue weighted by atomic mass is 10.2. The summed E-state index contributed by atoms with van der Waals surface area (Å²) in [6.07, 6.45) is 1.42. The number of aromatic nitrogens is 3. The fourth-order valence-electron chi connectivity index (χ4n) is 1.78. The Labute approximate surface area is 130 Å². The van der Waals surface area contributed by atoms with Crippen molar-refractivity contribution < 1.29 is 14.1 Å². The number of methoxy groups -OCH3 is 1. The summed E-state index contributed by atoms with van der Waals surface area (Å²) in [5.74, 6) is 0.602. The Hall–Kier alpha value is -2.74. The third-order valence-corrected chi connectivity index (χ3v) is 4.04. The van der Waals surface area contributed by atoms with Crippen molar-refractivity contribution in [3.8, 4) is 16.3 Å². The molecule has 2 heterocycles. The van der Waals surface area contributed by atoms with Crippen molar-refractivity contribution in [2.75, 3.05) is 19.1 Å². The number of nitrogens with zero attached hydrogens (tertiary/aromatic N) is 4. The van der Waals surface area contributed by atoms with Crippen LogP contribution in [0.4, 0.5) is 5.13 Å². The normalized spacial score (nSPS) is 10.5. The molecule has 0 spiro atoms. The maximum atomic E-state index is 12.2. The molecule has 1 amide bonds. The number of benzene rings is 1. The number of ether oxygens (including phenoxy) is 1. The molecule has 0 aliphatic carbocycles. The van der Waals surface area contributed by atoms with Crippen LogP contribution in [0.5, 0.6) is 5.75 Å². The number of carbonyl (C=O) groups excluding carboxylic acids is 1. The fourth-order valence-corrected chi connectivity index (χ4v) is 2.59. The maximum absolute atomic E-state index is 12.2. The molecule has 7 nitrogen and oxygen atoms in total. The van der Waals surface area contributed by atoms with Crippen molar-refractivity contribution in [1.82, 2.24) is 15.4 Å². The minimum atomic E-state index is -0.324. The summed E-state index contributed by atoms with van der Waals surface area (Å²) in [4.78, 5) is 13.5. The minimum absolute atomic E-state index is 0.156. The van der Waals surface area contributed by atoms with Crippen molar-refractivity contribution in [3.63, 3.8) is 0 Å². The van der Waals surface area contributed by atoms with Gasteiger partial charge in [0.05, 0.1) is 13.3 Å². The highest BCUT2D eigenvalue weighted by atomic mass is 32.1. The Morgan fingerprint density at radius 1 is 1.23 bits per heavy atom. The van der Waals surface area contributed by atoms with E-state index in [4.69, 9.17) is 9.26 Å². The van der Waals surface area contributed by atoms with Crippen molar-refractivity contribution in [2.45, 2.75) is 0 Å². The van der Waals surface area contributed by atoms with Crippen molar-refractivity contribution >= 4 is 22.4 Å². The standard InChI is InChI=1S/C14H12N4O3S/c1-18(13(19)11-7-8-15-21-11)14-17-16-12(22-14)9-3-5-10(20-2)6-4-9/h3-8H,1-2H3. The molecule has 2 aromatic heterocycles. The smallest absolute Gasteiger partial charge is 0.298 e. The number of hydrogen-bond donors (Lipinski definition) is 0. The Morgan fingerprint density at radius 3 is 2.64 bits per heavy atom. The van der Waals surface area contributed by atoms with Gasteiger partial charge in [-0.15, -0.1) is 10.2 Å². The molecule has 0 saturated heterocycles. The zero-order chi connectivity index (χ0) is 15.5. The second-order valence-corrected chi connectivity index (χ2v) is 5.32. The average molecular weight is 316 g/mol. The van der Waals surface area contributed by atoms with Gasteiger partial charge < -0.3 is 9.26 Å². The summed E-state index contributed by atoms with van der Waals surface area (Å²) in [6.45, 7) is 0. The van der Waals surface area contributed by atoms with Crippen LogP contribution in [0.3, 0.4) is 0 Å². The largest absolute Gasteiger partial charge is 0.497 e. The van der Waals surface area contributed by atoms with E-state index < -0.39 is 0 Å². The zero-order valence-corrected chi connectivity index (χ0v) is 12.7. The van der Waals surface area contributed by atoms with Gasteiger partial charge in [0.15, 0.2) is 0 Å². The lowest BCUT2D eigenvalue weighted by Crippen LogP contribution is -2.25. The first-order chi connectivity index (χ1) is 10.7. The quantitative estimate of drug-likeness (QED) is 0.735. The second-order valence-electron chi connectivity index (χ2n) is 4.36. The van der Waals surface area contributed by atoms with Crippen LogP contribution < -0.4 is 9.64 Å². The Balaban J connectivity index is 1.82. The summed E-state index contributed by atoms with van der Waals surface area (Å²) in [5.41, 5.74) is 0.907. The van der Waals surface area contributed by atoms with Gasteiger partial charge in [0.25, 0.3) is 5.91 Å². The molecular formula is C14H12N4O3S. The van der Waals surface area contributed by atoms with Crippen LogP contribution in [0.15, 0.2) is 41.1 Å². The van der Waals surface area contributed by atoms with Crippen LogP contribution in [0.2, 0.25) is 0 Å². The Bertz CT molecular complexity index is 768. The first-order valence-corrected chi connectivity index (χ1v) is 7.17. The average Bonchev–Trinajstić information content (AvgIpc) is 3.25. The number of rotatable bonds is 4. The second kappa shape index (κ2) is 5.94. The molecule has 0 aliphatic heterocycles. The third-order valence-electron chi connectivity index (χ3n) is 2.99. The summed E-state index contributed by atoms with van der Waals surface area (Å²) in [5, 5.41) is 12.9. The summed E-state index contributed by atoms with van der Waals surface area (Å²) >= 11 is 1.31. The van der Waals surface area contributed by atoms with Crippen molar-refractivity contribution in [3.05, 3.63) is 42.3 Å². The van der Waals surface area contributed by atoms with Gasteiger partial charge in [-0.3, -0.25) is 9.69 Å². The molecule has 3 rings (SSSR count). The van der Waals surface area contributed by atoms with Crippen LogP contribution in [0.25, 0.3) is 10.6 Å². The molecule has 22 heavy (non-hydrogen) atoms. The molecule has 0 saturated carbocycles. The van der Waals surface area contributed by atoms with Crippen LogP contribution in [-0.4, -0.2) is 35.4 Å². The first-order valence-electron chi connectivity index (χ1n) is 6.35. The highest BCUT2D eigenvalue weighted by molar-refractivity contribution is 7.18. The Kier molecular flexibility index (Phi) is 3.84. The van der Waals surface area contributed by atoms with Gasteiger partial charge in [0, 0.05) is 18.7 Å². The predicted molar refractivity (Wildman–Crippen MR) is 81.1 cm³/mol. The number of anilines is 1. The van der Waals surface area contributed by atoms with E-state index >= 15 is 0 Å². The number of amides is 1. The van der Waals surface area contributed by atoms with Gasteiger partial charge in [-0.1, -0.05) is 16.5 Å². The van der Waals surface area contributed by atoms with Crippen molar-refractivity contribution in [1.29, 1.82) is 0 Å². The first kappa shape index (κ1) is 14.2. The molecular weight excluding hydrogens is 304 g/mol. The monoisotopic (exact) mass is 316 g/mol. The topological polar surface area (TPSA) is 81.4 Å². The molecule has 0 fully saturated rings. The molecule has 0 bridgehead atoms. The van der Waals surface area contributed by atoms with Gasteiger partial charge in [0.1, 0.15) is 10.8 Å². The van der Waals surface area contributed by atoms with Gasteiger partial charge in [-0.25, -0.2) is 0 Å². The zero-order valence-electron chi connectivity index (χ0n) is 11.9. The summed E-state index contributed by atoms with van der Waals surface area (Å²) in [7, 11) is 3.23. The maximum Gasteiger partial charge on any atom is 0.298 e. The molecule has 0 N–H and O–H groups in total. The molecule has 3 aromatic rings. The van der Waals surface area contributed by atoms with Gasteiger partial charge in [-0.2, -0.15) is 0 Å². The third kappa shape index (κ3) is 2.68. The summed E-state index contributed by atoms with van der Waals surface area (Å²) in [6, 6.07) is 8.98. The Morgan fingerprint density at radius 2 is 2.00 bits per heavy atom. The van der Waals surface area contributed by atoms with E-state index in [0.29, 0.717) is 5.13 Å². The van der Waals surface area contributed by atoms with E-state index in [1.807, 2.05) is 24.3 Å². The highest BCUT2D eigenvalue weighted by Crippen LogP contribution is 2.29. The van der Waals surface area contributed by atoms with E-state index in [9.17, 15) is 4.79 Å². The number of hydrogen-bond acceptors (Lipinski definition) is 7. The molecule has 112 valence electrons. The molecule has 0 unspecified atom stereocenters. The van der Waals surface area contributed by atoms with E-state index in [2.05, 4.69) is 15.4 Å². The van der Waals surface area contributed by atoms with E-state index in [0.717, 1.165) is 16.3 Å². The van der Waals surface area contributed by atoms with Crippen LogP contribution >= 0.6 is 11.3 Å². The van der Waals surface area contributed by atoms with Crippen LogP contribution in [0, 0.1) is 0 Å². The molecule has 0 radical (unpaired) electrons. The molecule has 1 aromatic carbocycles. The molecule has 0 aliphatic rings. The highest BCUT2D eigenvalue weighted by Gasteiger charge is 2.20. The minimum Gasteiger partial charge on any atom is -0.497 e. The summed E-state index contributed by atoms with van der Waals surface area (Å²) < 4.78 is 9.98. The lowest BCUT2D eigenvalue weighted by molar-refractivity contribution is 0.0957. The predicted octanol–water partition coefficient (Wildman–Crippen LogP) is 2.48. The molecule has 8 heteroatoms. The van der Waals surface area contributed by atoms with Crippen LogP contribution in [0.1, 0.15) is 10.6 Å².